The predicted octanol–water partition coefficient (Wildman–Crippen LogP) is 4.10. The second-order valence-electron chi connectivity index (χ2n) is 4.94. The topological polar surface area (TPSA) is 53.2 Å². The Morgan fingerprint density at radius 3 is 2.24 bits per heavy atom. The van der Waals surface area contributed by atoms with Gasteiger partial charge in [-0.25, -0.2) is 9.18 Å². The molecular weight excluding hydrogens is 269 g/mol. The molecule has 0 aromatic heterocycles. The van der Waals surface area contributed by atoms with Gasteiger partial charge in [0, 0.05) is 17.4 Å². The first-order valence-corrected chi connectivity index (χ1v) is 6.74. The number of urea groups is 1. The molecule has 0 bridgehead atoms. The monoisotopic (exact) mass is 287 g/mol. The van der Waals surface area contributed by atoms with Crippen molar-refractivity contribution in [2.75, 3.05) is 10.6 Å². The highest BCUT2D eigenvalue weighted by atomic mass is 19.1. The Hall–Kier alpha value is -2.56. The average molecular weight is 287 g/mol. The molecule has 0 radical (unpaired) electrons. The zero-order valence-corrected chi connectivity index (χ0v) is 12.0. The molecule has 0 aliphatic carbocycles. The SMILES string of the molecule is CC(C)NC(=O)Nc1ccc(Nc2ccccc2F)cc1. The van der Waals surface area contributed by atoms with E-state index >= 15 is 0 Å². The number of benzene rings is 2. The van der Waals surface area contributed by atoms with Crippen molar-refractivity contribution in [2.45, 2.75) is 19.9 Å². The van der Waals surface area contributed by atoms with E-state index in [1.54, 1.807) is 42.5 Å². The number of hydrogen-bond donors (Lipinski definition) is 3. The van der Waals surface area contributed by atoms with Gasteiger partial charge in [-0.3, -0.25) is 0 Å². The minimum atomic E-state index is -0.309. The van der Waals surface area contributed by atoms with Gasteiger partial charge in [-0.2, -0.15) is 0 Å². The normalized spacial score (nSPS) is 10.3. The number of hydrogen-bond acceptors (Lipinski definition) is 2. The first-order valence-electron chi connectivity index (χ1n) is 6.74. The summed E-state index contributed by atoms with van der Waals surface area (Å²) in [6, 6.07) is 13.3. The maximum absolute atomic E-state index is 13.5. The maximum atomic E-state index is 13.5. The number of carbonyl (C=O) groups is 1. The Kier molecular flexibility index (Phi) is 4.77. The van der Waals surface area contributed by atoms with Crippen LogP contribution in [0.3, 0.4) is 0 Å². The summed E-state index contributed by atoms with van der Waals surface area (Å²) in [7, 11) is 0. The van der Waals surface area contributed by atoms with Gasteiger partial charge in [0.1, 0.15) is 5.82 Å². The molecule has 0 saturated heterocycles. The molecule has 2 aromatic rings. The van der Waals surface area contributed by atoms with Crippen LogP contribution in [0.1, 0.15) is 13.8 Å². The van der Waals surface area contributed by atoms with E-state index in [0.717, 1.165) is 5.69 Å². The molecule has 0 saturated carbocycles. The van der Waals surface area contributed by atoms with Crippen molar-refractivity contribution < 1.29 is 9.18 Å². The molecule has 4 nitrogen and oxygen atoms in total. The number of carbonyl (C=O) groups excluding carboxylic acids is 1. The third kappa shape index (κ3) is 4.49. The zero-order chi connectivity index (χ0) is 15.2. The van der Waals surface area contributed by atoms with E-state index in [4.69, 9.17) is 0 Å². The van der Waals surface area contributed by atoms with Gasteiger partial charge in [0.2, 0.25) is 0 Å². The quantitative estimate of drug-likeness (QED) is 0.793. The molecule has 0 spiro atoms. The minimum Gasteiger partial charge on any atom is -0.353 e. The van der Waals surface area contributed by atoms with Crippen LogP contribution in [0.2, 0.25) is 0 Å². The predicted molar refractivity (Wildman–Crippen MR) is 83.4 cm³/mol. The van der Waals surface area contributed by atoms with Crippen molar-refractivity contribution >= 4 is 23.1 Å². The Morgan fingerprint density at radius 2 is 1.62 bits per heavy atom. The van der Waals surface area contributed by atoms with Gasteiger partial charge in [-0.15, -0.1) is 0 Å². The summed E-state index contributed by atoms with van der Waals surface area (Å²) in [4.78, 5) is 11.6. The van der Waals surface area contributed by atoms with Crippen molar-refractivity contribution in [3.8, 4) is 0 Å². The van der Waals surface area contributed by atoms with Crippen LogP contribution in [0.25, 0.3) is 0 Å². The maximum Gasteiger partial charge on any atom is 0.319 e. The third-order valence-corrected chi connectivity index (χ3v) is 2.72. The smallest absolute Gasteiger partial charge is 0.319 e. The van der Waals surface area contributed by atoms with Crippen LogP contribution >= 0.6 is 0 Å². The molecule has 0 atom stereocenters. The largest absolute Gasteiger partial charge is 0.353 e. The summed E-state index contributed by atoms with van der Waals surface area (Å²) in [6.07, 6.45) is 0. The second-order valence-corrected chi connectivity index (χ2v) is 4.94. The molecule has 2 amide bonds. The van der Waals surface area contributed by atoms with E-state index in [1.807, 2.05) is 13.8 Å². The second kappa shape index (κ2) is 6.74. The molecule has 3 N–H and O–H groups in total. The molecule has 0 fully saturated rings. The van der Waals surface area contributed by atoms with Crippen LogP contribution in [0, 0.1) is 5.82 Å². The molecule has 5 heteroatoms. The number of nitrogens with one attached hydrogen (secondary N) is 3. The van der Waals surface area contributed by atoms with Gasteiger partial charge in [-0.1, -0.05) is 12.1 Å². The summed E-state index contributed by atoms with van der Waals surface area (Å²) in [6.45, 7) is 3.78. The summed E-state index contributed by atoms with van der Waals surface area (Å²) in [5, 5.41) is 8.44. The summed E-state index contributed by atoms with van der Waals surface area (Å²) >= 11 is 0. The summed E-state index contributed by atoms with van der Waals surface area (Å²) in [5.74, 6) is -0.309. The molecule has 0 aliphatic rings. The van der Waals surface area contributed by atoms with Crippen molar-refractivity contribution in [3.63, 3.8) is 0 Å². The summed E-state index contributed by atoms with van der Waals surface area (Å²) < 4.78 is 13.5. The summed E-state index contributed by atoms with van der Waals surface area (Å²) in [5.41, 5.74) is 1.83. The van der Waals surface area contributed by atoms with E-state index in [0.29, 0.717) is 11.4 Å². The van der Waals surface area contributed by atoms with Gasteiger partial charge in [0.05, 0.1) is 5.69 Å². The first-order chi connectivity index (χ1) is 10.0. The molecule has 2 rings (SSSR count). The third-order valence-electron chi connectivity index (χ3n) is 2.72. The van der Waals surface area contributed by atoms with Crippen molar-refractivity contribution in [1.82, 2.24) is 5.32 Å². The number of halogens is 1. The number of para-hydroxylation sites is 1. The van der Waals surface area contributed by atoms with E-state index in [2.05, 4.69) is 16.0 Å². The number of anilines is 3. The molecule has 21 heavy (non-hydrogen) atoms. The molecule has 2 aromatic carbocycles. The van der Waals surface area contributed by atoms with Crippen LogP contribution in [-0.4, -0.2) is 12.1 Å². The molecule has 0 heterocycles. The Bertz CT molecular complexity index is 611. The standard InChI is InChI=1S/C16H18FN3O/c1-11(2)18-16(21)20-13-9-7-12(8-10-13)19-15-6-4-3-5-14(15)17/h3-11,19H,1-2H3,(H2,18,20,21). The molecule has 0 aliphatic heterocycles. The number of rotatable bonds is 4. The fourth-order valence-corrected chi connectivity index (χ4v) is 1.78. The highest BCUT2D eigenvalue weighted by Gasteiger charge is 2.04. The Labute approximate surface area is 123 Å². The van der Waals surface area contributed by atoms with E-state index in [1.165, 1.54) is 6.07 Å². The van der Waals surface area contributed by atoms with Crippen LogP contribution in [-0.2, 0) is 0 Å². The van der Waals surface area contributed by atoms with E-state index in [9.17, 15) is 9.18 Å². The fourth-order valence-electron chi connectivity index (χ4n) is 1.78. The van der Waals surface area contributed by atoms with Gasteiger partial charge in [0.25, 0.3) is 0 Å². The highest BCUT2D eigenvalue weighted by molar-refractivity contribution is 5.89. The fraction of sp³-hybridized carbons (Fsp3) is 0.188. The Morgan fingerprint density at radius 1 is 1.00 bits per heavy atom. The minimum absolute atomic E-state index is 0.0759. The van der Waals surface area contributed by atoms with Crippen molar-refractivity contribution in [2.24, 2.45) is 0 Å². The van der Waals surface area contributed by atoms with Crippen molar-refractivity contribution in [1.29, 1.82) is 0 Å². The lowest BCUT2D eigenvalue weighted by atomic mass is 10.2. The number of amides is 2. The van der Waals surface area contributed by atoms with E-state index in [-0.39, 0.29) is 17.9 Å². The van der Waals surface area contributed by atoms with Crippen LogP contribution in [0.4, 0.5) is 26.2 Å². The molecule has 110 valence electrons. The molecular formula is C16H18FN3O. The van der Waals surface area contributed by atoms with Crippen LogP contribution in [0.15, 0.2) is 48.5 Å². The van der Waals surface area contributed by atoms with Crippen LogP contribution < -0.4 is 16.0 Å². The molecule has 0 unspecified atom stereocenters. The highest BCUT2D eigenvalue weighted by Crippen LogP contribution is 2.21. The van der Waals surface area contributed by atoms with Crippen molar-refractivity contribution in [3.05, 3.63) is 54.3 Å². The van der Waals surface area contributed by atoms with Gasteiger partial charge in [0.15, 0.2) is 0 Å². The van der Waals surface area contributed by atoms with E-state index < -0.39 is 0 Å². The van der Waals surface area contributed by atoms with Gasteiger partial charge < -0.3 is 16.0 Å². The Balaban J connectivity index is 1.99. The average Bonchev–Trinajstić information content (AvgIpc) is 2.42. The lowest BCUT2D eigenvalue weighted by Crippen LogP contribution is -2.34. The first kappa shape index (κ1) is 14.8. The van der Waals surface area contributed by atoms with Gasteiger partial charge >= 0.3 is 6.03 Å². The zero-order valence-electron chi connectivity index (χ0n) is 12.0. The lowest BCUT2D eigenvalue weighted by Gasteiger charge is -2.11. The van der Waals surface area contributed by atoms with Crippen LogP contribution in [0.5, 0.6) is 0 Å². The lowest BCUT2D eigenvalue weighted by molar-refractivity contribution is 0.250. The van der Waals surface area contributed by atoms with Gasteiger partial charge in [-0.05, 0) is 50.2 Å².